The molecule has 0 saturated heterocycles. The highest BCUT2D eigenvalue weighted by Gasteiger charge is 2.31. The van der Waals surface area contributed by atoms with E-state index < -0.39 is 6.10 Å². The van der Waals surface area contributed by atoms with Crippen LogP contribution in [0.1, 0.15) is 32.8 Å². The number of oxime groups is 1. The molecule has 0 saturated carbocycles. The van der Waals surface area contributed by atoms with Gasteiger partial charge < -0.3 is 14.9 Å². The van der Waals surface area contributed by atoms with E-state index in [9.17, 15) is 4.79 Å². The minimum atomic E-state index is -0.575. The number of carbonyl (C=O) groups is 1. The topological polar surface area (TPSA) is 59.9 Å². The highest BCUT2D eigenvalue weighted by molar-refractivity contribution is 6.05. The van der Waals surface area contributed by atoms with Crippen molar-refractivity contribution in [1.29, 1.82) is 0 Å². The molecular formula is C15H20N2O3. The monoisotopic (exact) mass is 276 g/mol. The molecule has 1 aliphatic rings. The van der Waals surface area contributed by atoms with Crippen LogP contribution in [0.2, 0.25) is 0 Å². The Hall–Kier alpha value is -2.04. The summed E-state index contributed by atoms with van der Waals surface area (Å²) in [6.07, 6.45) is -0.128. The van der Waals surface area contributed by atoms with Crippen LogP contribution in [0.3, 0.4) is 0 Å². The summed E-state index contributed by atoms with van der Waals surface area (Å²) in [4.78, 5) is 17.3. The lowest BCUT2D eigenvalue weighted by Gasteiger charge is -2.22. The van der Waals surface area contributed by atoms with Gasteiger partial charge in [0.05, 0.1) is 12.8 Å². The van der Waals surface area contributed by atoms with E-state index in [2.05, 4.69) is 10.5 Å². The van der Waals surface area contributed by atoms with Gasteiger partial charge in [-0.25, -0.2) is 0 Å². The maximum atomic E-state index is 12.1. The van der Waals surface area contributed by atoms with Gasteiger partial charge in [-0.1, -0.05) is 17.3 Å². The van der Waals surface area contributed by atoms with Crippen molar-refractivity contribution in [3.8, 4) is 5.75 Å². The Labute approximate surface area is 118 Å². The maximum absolute atomic E-state index is 12.1. The Morgan fingerprint density at radius 2 is 2.10 bits per heavy atom. The smallest absolute Gasteiger partial charge is 0.264 e. The standard InChI is InChI=1S/C15H20N2O3/c1-15(2,3)16-14(18)13-9-11(17-20-13)10-7-5-6-8-12(10)19-4/h5-8,13H,9H2,1-4H3,(H,16,18)/t13-/m1/s1. The quantitative estimate of drug-likeness (QED) is 0.919. The molecule has 1 N–H and O–H groups in total. The van der Waals surface area contributed by atoms with Crippen molar-refractivity contribution in [3.63, 3.8) is 0 Å². The van der Waals surface area contributed by atoms with Crippen molar-refractivity contribution in [2.75, 3.05) is 7.11 Å². The summed E-state index contributed by atoms with van der Waals surface area (Å²) in [5.74, 6) is 0.581. The number of nitrogens with zero attached hydrogens (tertiary/aromatic N) is 1. The lowest BCUT2D eigenvalue weighted by Crippen LogP contribution is -2.45. The van der Waals surface area contributed by atoms with Gasteiger partial charge >= 0.3 is 0 Å². The number of amides is 1. The highest BCUT2D eigenvalue weighted by Crippen LogP contribution is 2.24. The number of nitrogens with one attached hydrogen (secondary N) is 1. The molecule has 5 heteroatoms. The molecule has 0 radical (unpaired) electrons. The van der Waals surface area contributed by atoms with Crippen molar-refractivity contribution in [1.82, 2.24) is 5.32 Å². The third kappa shape index (κ3) is 3.29. The number of rotatable bonds is 3. The number of benzene rings is 1. The van der Waals surface area contributed by atoms with Crippen molar-refractivity contribution in [3.05, 3.63) is 29.8 Å². The summed E-state index contributed by atoms with van der Waals surface area (Å²) in [7, 11) is 1.61. The second-order valence-corrected chi connectivity index (χ2v) is 5.78. The number of methoxy groups -OCH3 is 1. The van der Waals surface area contributed by atoms with E-state index in [1.807, 2.05) is 45.0 Å². The fourth-order valence-electron chi connectivity index (χ4n) is 2.01. The van der Waals surface area contributed by atoms with Crippen molar-refractivity contribution in [2.45, 2.75) is 38.8 Å². The van der Waals surface area contributed by atoms with Crippen LogP contribution in [0.15, 0.2) is 29.4 Å². The van der Waals surface area contributed by atoms with E-state index in [-0.39, 0.29) is 11.4 Å². The lowest BCUT2D eigenvalue weighted by molar-refractivity contribution is -0.132. The zero-order chi connectivity index (χ0) is 14.8. The van der Waals surface area contributed by atoms with Crippen molar-refractivity contribution < 1.29 is 14.4 Å². The molecule has 2 rings (SSSR count). The molecule has 0 aliphatic carbocycles. The summed E-state index contributed by atoms with van der Waals surface area (Å²) in [6.45, 7) is 5.80. The average molecular weight is 276 g/mol. The molecule has 0 aromatic heterocycles. The number of para-hydroxylation sites is 1. The van der Waals surface area contributed by atoms with Gasteiger partial charge in [-0.15, -0.1) is 0 Å². The van der Waals surface area contributed by atoms with Crippen LogP contribution >= 0.6 is 0 Å². The molecule has 0 spiro atoms. The van der Waals surface area contributed by atoms with Gasteiger partial charge in [-0.3, -0.25) is 4.79 Å². The first-order chi connectivity index (χ1) is 9.40. The van der Waals surface area contributed by atoms with Gasteiger partial charge in [-0.2, -0.15) is 0 Å². The van der Waals surface area contributed by atoms with E-state index in [4.69, 9.17) is 9.57 Å². The largest absolute Gasteiger partial charge is 0.496 e. The van der Waals surface area contributed by atoms with E-state index >= 15 is 0 Å². The molecule has 0 unspecified atom stereocenters. The minimum Gasteiger partial charge on any atom is -0.496 e. The van der Waals surface area contributed by atoms with Crippen LogP contribution in [0, 0.1) is 0 Å². The van der Waals surface area contributed by atoms with Gasteiger partial charge in [0, 0.05) is 17.5 Å². The molecule has 1 atom stereocenters. The van der Waals surface area contributed by atoms with Crippen LogP contribution in [-0.4, -0.2) is 30.4 Å². The summed E-state index contributed by atoms with van der Waals surface area (Å²) in [6, 6.07) is 7.57. The molecular weight excluding hydrogens is 256 g/mol. The van der Waals surface area contributed by atoms with Gasteiger partial charge in [0.15, 0.2) is 0 Å². The van der Waals surface area contributed by atoms with E-state index in [0.717, 1.165) is 17.0 Å². The van der Waals surface area contributed by atoms with E-state index in [0.29, 0.717) is 6.42 Å². The fraction of sp³-hybridized carbons (Fsp3) is 0.467. The number of hydrogen-bond donors (Lipinski definition) is 1. The summed E-state index contributed by atoms with van der Waals surface area (Å²) >= 11 is 0. The average Bonchev–Trinajstić information content (AvgIpc) is 2.86. The Morgan fingerprint density at radius 3 is 2.75 bits per heavy atom. The Kier molecular flexibility index (Phi) is 3.97. The fourth-order valence-corrected chi connectivity index (χ4v) is 2.01. The molecule has 5 nitrogen and oxygen atoms in total. The number of carbonyl (C=O) groups excluding carboxylic acids is 1. The van der Waals surface area contributed by atoms with Crippen molar-refractivity contribution >= 4 is 11.6 Å². The van der Waals surface area contributed by atoms with Crippen LogP contribution in [-0.2, 0) is 9.63 Å². The summed E-state index contributed by atoms with van der Waals surface area (Å²) in [5.41, 5.74) is 1.31. The van der Waals surface area contributed by atoms with Crippen LogP contribution in [0.4, 0.5) is 0 Å². The first-order valence-electron chi connectivity index (χ1n) is 6.59. The molecule has 108 valence electrons. The second kappa shape index (κ2) is 5.53. The van der Waals surface area contributed by atoms with Gasteiger partial charge in [-0.05, 0) is 32.9 Å². The van der Waals surface area contributed by atoms with Gasteiger partial charge in [0.2, 0.25) is 6.10 Å². The molecule has 1 aromatic carbocycles. The predicted octanol–water partition coefficient (Wildman–Crippen LogP) is 2.10. The van der Waals surface area contributed by atoms with Crippen LogP contribution in [0.5, 0.6) is 5.75 Å². The normalized spacial score (nSPS) is 18.2. The first kappa shape index (κ1) is 14.4. The Bertz CT molecular complexity index is 532. The maximum Gasteiger partial charge on any atom is 0.264 e. The van der Waals surface area contributed by atoms with Gasteiger partial charge in [0.25, 0.3) is 5.91 Å². The number of hydrogen-bond acceptors (Lipinski definition) is 4. The van der Waals surface area contributed by atoms with Crippen LogP contribution < -0.4 is 10.1 Å². The molecule has 20 heavy (non-hydrogen) atoms. The lowest BCUT2D eigenvalue weighted by atomic mass is 10.0. The third-order valence-electron chi connectivity index (χ3n) is 2.88. The Morgan fingerprint density at radius 1 is 1.40 bits per heavy atom. The van der Waals surface area contributed by atoms with E-state index in [1.165, 1.54) is 0 Å². The summed E-state index contributed by atoms with van der Waals surface area (Å²) in [5, 5.41) is 6.92. The zero-order valence-electron chi connectivity index (χ0n) is 12.3. The van der Waals surface area contributed by atoms with Crippen LogP contribution in [0.25, 0.3) is 0 Å². The molecule has 1 aromatic rings. The zero-order valence-corrected chi connectivity index (χ0v) is 12.3. The number of ether oxygens (including phenoxy) is 1. The second-order valence-electron chi connectivity index (χ2n) is 5.78. The Balaban J connectivity index is 2.07. The van der Waals surface area contributed by atoms with Crippen molar-refractivity contribution in [2.24, 2.45) is 5.16 Å². The van der Waals surface area contributed by atoms with Gasteiger partial charge in [0.1, 0.15) is 5.75 Å². The van der Waals surface area contributed by atoms with E-state index in [1.54, 1.807) is 7.11 Å². The summed E-state index contributed by atoms with van der Waals surface area (Å²) < 4.78 is 5.30. The molecule has 0 fully saturated rings. The molecule has 1 aliphatic heterocycles. The molecule has 1 heterocycles. The minimum absolute atomic E-state index is 0.147. The molecule has 0 bridgehead atoms. The third-order valence-corrected chi connectivity index (χ3v) is 2.88. The SMILES string of the molecule is COc1ccccc1C1=NO[C@@H](C(=O)NC(C)(C)C)C1. The highest BCUT2D eigenvalue weighted by atomic mass is 16.6. The predicted molar refractivity (Wildman–Crippen MR) is 76.9 cm³/mol. The first-order valence-corrected chi connectivity index (χ1v) is 6.59. The molecule has 1 amide bonds.